The summed E-state index contributed by atoms with van der Waals surface area (Å²) in [4.78, 5) is 15.2. The lowest BCUT2D eigenvalue weighted by atomic mass is 10.2. The number of hydrogen-bond acceptors (Lipinski definition) is 5. The third kappa shape index (κ3) is 3.28. The van der Waals surface area contributed by atoms with Crippen LogP contribution in [-0.4, -0.2) is 37.4 Å². The molecule has 8 heteroatoms. The van der Waals surface area contributed by atoms with Gasteiger partial charge in [-0.15, -0.1) is 10.2 Å². The molecule has 2 N–H and O–H groups in total. The number of halogens is 1. The van der Waals surface area contributed by atoms with Crippen LogP contribution in [-0.2, 0) is 13.5 Å². The summed E-state index contributed by atoms with van der Waals surface area (Å²) in [5.41, 5.74) is 0.132. The Morgan fingerprint density at radius 1 is 1.58 bits per heavy atom. The first-order chi connectivity index (χ1) is 9.08. The second-order valence-electron chi connectivity index (χ2n) is 3.89. The van der Waals surface area contributed by atoms with Crippen LogP contribution < -0.4 is 5.32 Å². The van der Waals surface area contributed by atoms with Crippen LogP contribution in [0.1, 0.15) is 16.2 Å². The van der Waals surface area contributed by atoms with Crippen LogP contribution >= 0.6 is 15.9 Å². The van der Waals surface area contributed by atoms with Gasteiger partial charge in [0.1, 0.15) is 23.5 Å². The maximum Gasteiger partial charge on any atom is 0.339 e. The number of pyridine rings is 1. The molecule has 0 unspecified atom stereocenters. The number of nitrogens with one attached hydrogen (secondary N) is 1. The van der Waals surface area contributed by atoms with Crippen molar-refractivity contribution in [2.45, 2.75) is 6.42 Å². The molecule has 0 aromatic carbocycles. The molecule has 0 aliphatic heterocycles. The molecule has 0 atom stereocenters. The summed E-state index contributed by atoms with van der Waals surface area (Å²) in [7, 11) is 1.86. The number of carbonyl (C=O) groups is 1. The number of nitrogens with zero attached hydrogens (tertiary/aromatic N) is 4. The second kappa shape index (κ2) is 5.79. The van der Waals surface area contributed by atoms with Gasteiger partial charge in [-0.05, 0) is 22.0 Å². The van der Waals surface area contributed by atoms with Crippen LogP contribution in [0.25, 0.3) is 0 Å². The van der Waals surface area contributed by atoms with E-state index >= 15 is 0 Å². The van der Waals surface area contributed by atoms with Gasteiger partial charge in [0.25, 0.3) is 0 Å². The Bertz CT molecular complexity index is 599. The maximum absolute atomic E-state index is 11.1. The molecule has 7 nitrogen and oxygen atoms in total. The van der Waals surface area contributed by atoms with E-state index < -0.39 is 5.97 Å². The van der Waals surface area contributed by atoms with E-state index in [1.54, 1.807) is 12.5 Å². The van der Waals surface area contributed by atoms with E-state index in [4.69, 9.17) is 5.11 Å². The summed E-state index contributed by atoms with van der Waals surface area (Å²) in [6.45, 7) is 0.529. The van der Waals surface area contributed by atoms with Crippen LogP contribution in [0.3, 0.4) is 0 Å². The van der Waals surface area contributed by atoms with Crippen molar-refractivity contribution in [3.05, 3.63) is 34.5 Å². The van der Waals surface area contributed by atoms with Crippen molar-refractivity contribution in [1.29, 1.82) is 0 Å². The smallest absolute Gasteiger partial charge is 0.339 e. The molecule has 0 saturated heterocycles. The lowest BCUT2D eigenvalue weighted by Crippen LogP contribution is -2.13. The molecular formula is C11H12BrN5O2. The number of aromatic carboxylic acids is 1. The lowest BCUT2D eigenvalue weighted by molar-refractivity contribution is 0.0697. The first-order valence-electron chi connectivity index (χ1n) is 5.53. The molecule has 19 heavy (non-hydrogen) atoms. The zero-order chi connectivity index (χ0) is 13.8. The first kappa shape index (κ1) is 13.5. The largest absolute Gasteiger partial charge is 0.478 e. The highest BCUT2D eigenvalue weighted by Gasteiger charge is 2.12. The molecule has 2 rings (SSSR count). The molecule has 0 amide bonds. The van der Waals surface area contributed by atoms with Gasteiger partial charge in [-0.3, -0.25) is 0 Å². The van der Waals surface area contributed by atoms with Crippen LogP contribution in [0.15, 0.2) is 23.1 Å². The highest BCUT2D eigenvalue weighted by molar-refractivity contribution is 9.10. The van der Waals surface area contributed by atoms with Crippen molar-refractivity contribution in [3.63, 3.8) is 0 Å². The normalized spacial score (nSPS) is 10.4. The van der Waals surface area contributed by atoms with Gasteiger partial charge in [0.2, 0.25) is 0 Å². The second-order valence-corrected chi connectivity index (χ2v) is 4.81. The Labute approximate surface area is 117 Å². The summed E-state index contributed by atoms with van der Waals surface area (Å²) in [6.07, 6.45) is 3.81. The number of anilines is 1. The van der Waals surface area contributed by atoms with E-state index in [-0.39, 0.29) is 5.56 Å². The Morgan fingerprint density at radius 2 is 2.37 bits per heavy atom. The SMILES string of the molecule is Cn1cnnc1CCNc1ncc(Br)cc1C(=O)O. The van der Waals surface area contributed by atoms with Crippen LogP contribution in [0.5, 0.6) is 0 Å². The number of aromatic nitrogens is 4. The predicted molar refractivity (Wildman–Crippen MR) is 72.1 cm³/mol. The van der Waals surface area contributed by atoms with Gasteiger partial charge >= 0.3 is 5.97 Å². The maximum atomic E-state index is 11.1. The van der Waals surface area contributed by atoms with Gasteiger partial charge in [-0.2, -0.15) is 0 Å². The van der Waals surface area contributed by atoms with Gasteiger partial charge in [0, 0.05) is 30.7 Å². The number of aryl methyl sites for hydroxylation is 1. The van der Waals surface area contributed by atoms with Gasteiger partial charge in [-0.1, -0.05) is 0 Å². The number of carboxylic acid groups (broad SMARTS) is 1. The van der Waals surface area contributed by atoms with Crippen LogP contribution in [0.2, 0.25) is 0 Å². The van der Waals surface area contributed by atoms with Crippen LogP contribution in [0.4, 0.5) is 5.82 Å². The fourth-order valence-corrected chi connectivity index (χ4v) is 1.90. The van der Waals surface area contributed by atoms with Crippen molar-refractivity contribution in [2.75, 3.05) is 11.9 Å². The molecule has 100 valence electrons. The number of rotatable bonds is 5. The quantitative estimate of drug-likeness (QED) is 0.861. The average molecular weight is 326 g/mol. The molecule has 2 aromatic heterocycles. The molecule has 0 radical (unpaired) electrons. The Morgan fingerprint density at radius 3 is 3.00 bits per heavy atom. The summed E-state index contributed by atoms with van der Waals surface area (Å²) in [5, 5.41) is 19.8. The van der Waals surface area contributed by atoms with Crippen molar-refractivity contribution in [3.8, 4) is 0 Å². The molecule has 0 saturated carbocycles. The molecule has 0 spiro atoms. The minimum absolute atomic E-state index is 0.132. The standard InChI is InChI=1S/C11H12BrN5O2/c1-17-6-15-16-9(17)2-3-13-10-8(11(18)19)4-7(12)5-14-10/h4-6H,2-3H2,1H3,(H,13,14)(H,18,19). The zero-order valence-corrected chi connectivity index (χ0v) is 11.8. The Hall–Kier alpha value is -1.96. The molecular weight excluding hydrogens is 314 g/mol. The molecule has 0 aliphatic rings. The third-order valence-corrected chi connectivity index (χ3v) is 2.96. The van der Waals surface area contributed by atoms with E-state index in [1.165, 1.54) is 6.07 Å². The summed E-state index contributed by atoms with van der Waals surface area (Å²) >= 11 is 3.20. The summed E-state index contributed by atoms with van der Waals surface area (Å²) in [5.74, 6) is 0.148. The highest BCUT2D eigenvalue weighted by Crippen LogP contribution is 2.17. The molecule has 2 heterocycles. The van der Waals surface area contributed by atoms with E-state index in [0.29, 0.717) is 23.3 Å². The highest BCUT2D eigenvalue weighted by atomic mass is 79.9. The monoisotopic (exact) mass is 325 g/mol. The minimum Gasteiger partial charge on any atom is -0.478 e. The third-order valence-electron chi connectivity index (χ3n) is 2.53. The van der Waals surface area contributed by atoms with Gasteiger partial charge in [-0.25, -0.2) is 9.78 Å². The minimum atomic E-state index is -1.02. The zero-order valence-electron chi connectivity index (χ0n) is 10.2. The van der Waals surface area contributed by atoms with Gasteiger partial charge < -0.3 is 15.0 Å². The molecule has 0 fully saturated rings. The Balaban J connectivity index is 2.03. The first-order valence-corrected chi connectivity index (χ1v) is 6.33. The van der Waals surface area contributed by atoms with Crippen molar-refractivity contribution >= 4 is 27.7 Å². The van der Waals surface area contributed by atoms with E-state index in [9.17, 15) is 4.79 Å². The van der Waals surface area contributed by atoms with Crippen molar-refractivity contribution < 1.29 is 9.90 Å². The topological polar surface area (TPSA) is 92.9 Å². The fourth-order valence-electron chi connectivity index (χ4n) is 1.57. The van der Waals surface area contributed by atoms with E-state index in [2.05, 4.69) is 36.4 Å². The molecule has 0 bridgehead atoms. The van der Waals surface area contributed by atoms with Gasteiger partial charge in [0.15, 0.2) is 0 Å². The lowest BCUT2D eigenvalue weighted by Gasteiger charge is -2.08. The number of carboxylic acids is 1. The fraction of sp³-hybridized carbons (Fsp3) is 0.273. The van der Waals surface area contributed by atoms with E-state index in [0.717, 1.165) is 5.82 Å². The van der Waals surface area contributed by atoms with Gasteiger partial charge in [0.05, 0.1) is 0 Å². The number of hydrogen-bond donors (Lipinski definition) is 2. The summed E-state index contributed by atoms with van der Waals surface area (Å²) in [6, 6.07) is 1.51. The summed E-state index contributed by atoms with van der Waals surface area (Å²) < 4.78 is 2.44. The Kier molecular flexibility index (Phi) is 4.10. The van der Waals surface area contributed by atoms with Crippen LogP contribution in [0, 0.1) is 0 Å². The average Bonchev–Trinajstić information content (AvgIpc) is 2.77. The molecule has 0 aliphatic carbocycles. The van der Waals surface area contributed by atoms with Crippen molar-refractivity contribution in [2.24, 2.45) is 7.05 Å². The van der Waals surface area contributed by atoms with E-state index in [1.807, 2.05) is 11.6 Å². The molecule has 2 aromatic rings. The van der Waals surface area contributed by atoms with Crippen molar-refractivity contribution in [1.82, 2.24) is 19.7 Å². The predicted octanol–water partition coefficient (Wildman–Crippen LogP) is 1.33.